The van der Waals surface area contributed by atoms with Gasteiger partial charge in [-0.2, -0.15) is 0 Å². The highest BCUT2D eigenvalue weighted by Crippen LogP contribution is 2.35. The van der Waals surface area contributed by atoms with Crippen LogP contribution in [-0.2, 0) is 17.8 Å². The van der Waals surface area contributed by atoms with Gasteiger partial charge in [0.2, 0.25) is 0 Å². The molecule has 0 unspecified atom stereocenters. The number of hydrogen-bond acceptors (Lipinski definition) is 3. The fraction of sp³-hybridized carbons (Fsp3) is 0.278. The van der Waals surface area contributed by atoms with Crippen LogP contribution in [0.25, 0.3) is 0 Å². The van der Waals surface area contributed by atoms with Crippen LogP contribution in [0.5, 0.6) is 5.75 Å². The Hall–Kier alpha value is -1.98. The van der Waals surface area contributed by atoms with E-state index in [2.05, 4.69) is 5.32 Å². The lowest BCUT2D eigenvalue weighted by molar-refractivity contribution is -0.136. The van der Waals surface area contributed by atoms with Crippen LogP contribution in [0, 0.1) is 5.82 Å². The molecule has 0 saturated heterocycles. The van der Waals surface area contributed by atoms with E-state index in [9.17, 15) is 9.18 Å². The Labute approximate surface area is 155 Å². The van der Waals surface area contributed by atoms with Gasteiger partial charge in [-0.3, -0.25) is 4.79 Å². The van der Waals surface area contributed by atoms with E-state index in [4.69, 9.17) is 33.0 Å². The quantitative estimate of drug-likeness (QED) is 0.658. The van der Waals surface area contributed by atoms with Gasteiger partial charge in [-0.15, -0.1) is 0 Å². The highest BCUT2D eigenvalue weighted by molar-refractivity contribution is 6.37. The second kappa shape index (κ2) is 8.92. The molecule has 0 radical (unpaired) electrons. The summed E-state index contributed by atoms with van der Waals surface area (Å²) in [5.74, 6) is -1.03. The van der Waals surface area contributed by atoms with Gasteiger partial charge >= 0.3 is 5.97 Å². The van der Waals surface area contributed by atoms with Gasteiger partial charge in [-0.25, -0.2) is 4.39 Å². The van der Waals surface area contributed by atoms with Gasteiger partial charge in [-0.05, 0) is 37.1 Å². The van der Waals surface area contributed by atoms with E-state index in [-0.39, 0.29) is 34.6 Å². The molecular weight excluding hydrogens is 368 g/mol. The number of halogens is 3. The summed E-state index contributed by atoms with van der Waals surface area (Å²) in [6.07, 6.45) is 0.295. The lowest BCUT2D eigenvalue weighted by Crippen LogP contribution is -2.05. The predicted molar refractivity (Wildman–Crippen MR) is 97.3 cm³/mol. The number of benzene rings is 2. The van der Waals surface area contributed by atoms with Crippen molar-refractivity contribution in [2.24, 2.45) is 0 Å². The minimum absolute atomic E-state index is 0.0186. The Morgan fingerprint density at radius 2 is 1.96 bits per heavy atom. The van der Waals surface area contributed by atoms with E-state index >= 15 is 0 Å². The molecule has 0 bridgehead atoms. The van der Waals surface area contributed by atoms with Crippen molar-refractivity contribution in [3.05, 3.63) is 57.3 Å². The van der Waals surface area contributed by atoms with Crippen LogP contribution in [0.2, 0.25) is 10.0 Å². The number of ether oxygens (including phenoxy) is 1. The standard InChI is InChI=1S/C18H18Cl2FNO3/c1-2-22-15-5-3-4-12(17(15)21)10-25-18-13(19)8-11(9-14(18)20)6-7-16(23)24/h3-5,8-9,22H,2,6-7,10H2,1H3,(H,23,24). The zero-order valence-corrected chi connectivity index (χ0v) is 15.1. The van der Waals surface area contributed by atoms with Crippen molar-refractivity contribution < 1.29 is 19.0 Å². The van der Waals surface area contributed by atoms with Gasteiger partial charge in [0.25, 0.3) is 0 Å². The number of carboxylic acids is 1. The molecule has 0 amide bonds. The van der Waals surface area contributed by atoms with E-state index in [1.165, 1.54) is 0 Å². The summed E-state index contributed by atoms with van der Waals surface area (Å²) in [6, 6.07) is 8.23. The number of aliphatic carboxylic acids is 1. The first kappa shape index (κ1) is 19.3. The number of nitrogens with one attached hydrogen (secondary N) is 1. The monoisotopic (exact) mass is 385 g/mol. The van der Waals surface area contributed by atoms with Crippen molar-refractivity contribution in [3.8, 4) is 5.75 Å². The van der Waals surface area contributed by atoms with E-state index in [1.807, 2.05) is 6.92 Å². The molecule has 0 aliphatic carbocycles. The predicted octanol–water partition coefficient (Wildman–Crippen LogP) is 5.16. The lowest BCUT2D eigenvalue weighted by atomic mass is 10.1. The number of anilines is 1. The normalized spacial score (nSPS) is 10.6. The summed E-state index contributed by atoms with van der Waals surface area (Å²) >= 11 is 12.3. The van der Waals surface area contributed by atoms with E-state index in [1.54, 1.807) is 30.3 Å². The van der Waals surface area contributed by atoms with E-state index < -0.39 is 5.97 Å². The molecule has 0 heterocycles. The summed E-state index contributed by atoms with van der Waals surface area (Å²) < 4.78 is 19.9. The third-order valence-corrected chi connectivity index (χ3v) is 4.07. The van der Waals surface area contributed by atoms with Gasteiger partial charge in [0.05, 0.1) is 15.7 Å². The molecule has 0 aromatic heterocycles. The van der Waals surface area contributed by atoms with Crippen LogP contribution in [0.4, 0.5) is 10.1 Å². The van der Waals surface area contributed by atoms with Crippen molar-refractivity contribution in [2.75, 3.05) is 11.9 Å². The van der Waals surface area contributed by atoms with E-state index in [0.29, 0.717) is 29.8 Å². The van der Waals surface area contributed by atoms with Crippen molar-refractivity contribution in [1.82, 2.24) is 0 Å². The van der Waals surface area contributed by atoms with Crippen molar-refractivity contribution in [3.63, 3.8) is 0 Å². The Morgan fingerprint density at radius 3 is 2.56 bits per heavy atom. The summed E-state index contributed by atoms with van der Waals surface area (Å²) in [6.45, 7) is 2.46. The first-order chi connectivity index (χ1) is 11.9. The van der Waals surface area contributed by atoms with Crippen LogP contribution < -0.4 is 10.1 Å². The minimum atomic E-state index is -0.899. The Bertz CT molecular complexity index is 745. The molecule has 25 heavy (non-hydrogen) atoms. The minimum Gasteiger partial charge on any atom is -0.486 e. The van der Waals surface area contributed by atoms with Gasteiger partial charge in [-0.1, -0.05) is 35.3 Å². The first-order valence-corrected chi connectivity index (χ1v) is 8.51. The topological polar surface area (TPSA) is 58.6 Å². The molecule has 7 heteroatoms. The van der Waals surface area contributed by atoms with Crippen LogP contribution in [-0.4, -0.2) is 17.6 Å². The SMILES string of the molecule is CCNc1cccc(COc2c(Cl)cc(CCC(=O)O)cc2Cl)c1F. The molecule has 2 rings (SSSR count). The van der Waals surface area contributed by atoms with Crippen LogP contribution in [0.15, 0.2) is 30.3 Å². The smallest absolute Gasteiger partial charge is 0.303 e. The van der Waals surface area contributed by atoms with Gasteiger partial charge in [0.15, 0.2) is 11.6 Å². The largest absolute Gasteiger partial charge is 0.486 e. The average Bonchev–Trinajstić information content (AvgIpc) is 2.55. The number of rotatable bonds is 8. The maximum Gasteiger partial charge on any atom is 0.303 e. The lowest BCUT2D eigenvalue weighted by Gasteiger charge is -2.13. The van der Waals surface area contributed by atoms with Crippen LogP contribution in [0.3, 0.4) is 0 Å². The summed E-state index contributed by atoms with van der Waals surface area (Å²) in [4.78, 5) is 10.6. The van der Waals surface area contributed by atoms with Gasteiger partial charge < -0.3 is 15.2 Å². The second-order valence-electron chi connectivity index (χ2n) is 5.38. The molecule has 134 valence electrons. The molecule has 0 saturated carbocycles. The fourth-order valence-electron chi connectivity index (χ4n) is 2.31. The number of carbonyl (C=O) groups is 1. The van der Waals surface area contributed by atoms with E-state index in [0.717, 1.165) is 0 Å². The average molecular weight is 386 g/mol. The summed E-state index contributed by atoms with van der Waals surface area (Å²) in [7, 11) is 0. The number of aryl methyl sites for hydroxylation is 1. The molecule has 0 atom stereocenters. The highest BCUT2D eigenvalue weighted by Gasteiger charge is 2.13. The van der Waals surface area contributed by atoms with Crippen LogP contribution >= 0.6 is 23.2 Å². The Morgan fingerprint density at radius 1 is 1.28 bits per heavy atom. The molecule has 2 aromatic carbocycles. The summed E-state index contributed by atoms with van der Waals surface area (Å²) in [5.41, 5.74) is 1.48. The highest BCUT2D eigenvalue weighted by atomic mass is 35.5. The maximum atomic E-state index is 14.3. The fourth-order valence-corrected chi connectivity index (χ4v) is 2.96. The Kier molecular flexibility index (Phi) is 6.91. The molecule has 4 nitrogen and oxygen atoms in total. The molecule has 0 fully saturated rings. The van der Waals surface area contributed by atoms with Gasteiger partial charge in [0, 0.05) is 18.5 Å². The molecule has 2 aromatic rings. The Balaban J connectivity index is 2.13. The van der Waals surface area contributed by atoms with Crippen LogP contribution in [0.1, 0.15) is 24.5 Å². The third-order valence-electron chi connectivity index (χ3n) is 3.50. The second-order valence-corrected chi connectivity index (χ2v) is 6.19. The molecule has 0 aliphatic rings. The summed E-state index contributed by atoms with van der Waals surface area (Å²) in [5, 5.41) is 12.2. The van der Waals surface area contributed by atoms with Crippen molar-refractivity contribution in [2.45, 2.75) is 26.4 Å². The third kappa shape index (κ3) is 5.25. The molecule has 2 N–H and O–H groups in total. The van der Waals surface area contributed by atoms with Gasteiger partial charge in [0.1, 0.15) is 6.61 Å². The zero-order valence-electron chi connectivity index (χ0n) is 13.6. The number of hydrogen-bond donors (Lipinski definition) is 2. The molecular formula is C18H18Cl2FNO3. The molecule has 0 spiro atoms. The molecule has 0 aliphatic heterocycles. The van der Waals surface area contributed by atoms with Crippen molar-refractivity contribution >= 4 is 34.9 Å². The first-order valence-electron chi connectivity index (χ1n) is 7.76. The van der Waals surface area contributed by atoms with Crippen molar-refractivity contribution in [1.29, 1.82) is 0 Å². The zero-order chi connectivity index (χ0) is 18.4. The maximum absolute atomic E-state index is 14.3. The number of carboxylic acid groups (broad SMARTS) is 1.